The van der Waals surface area contributed by atoms with Gasteiger partial charge in [-0.15, -0.1) is 0 Å². The standard InChI is InChI=1S/C25H30N2O5/c1-15(2)17-7-5-8-18(16(3)4)22(17)27-24(31)20-10-6-9-19(21(20)25(27)32)23(30)26(11-13-28)12-14-29/h5-10,15-16,28-29H,11-14H2,1-4H3. The van der Waals surface area contributed by atoms with E-state index >= 15 is 0 Å². The van der Waals surface area contributed by atoms with Gasteiger partial charge in [0.2, 0.25) is 0 Å². The Morgan fingerprint density at radius 2 is 1.41 bits per heavy atom. The SMILES string of the molecule is CC(C)c1cccc(C(C)C)c1N1C(=O)c2cccc(C(=O)N(CCO)CCO)c2C1=O. The third-order valence-electron chi connectivity index (χ3n) is 5.74. The number of carbonyl (C=O) groups is 3. The molecule has 0 atom stereocenters. The number of aliphatic hydroxyl groups excluding tert-OH is 2. The van der Waals surface area contributed by atoms with Gasteiger partial charge in [-0.05, 0) is 35.1 Å². The predicted molar refractivity (Wildman–Crippen MR) is 122 cm³/mol. The molecule has 0 saturated heterocycles. The summed E-state index contributed by atoms with van der Waals surface area (Å²) >= 11 is 0. The molecule has 3 rings (SSSR count). The van der Waals surface area contributed by atoms with Gasteiger partial charge in [-0.1, -0.05) is 52.0 Å². The highest BCUT2D eigenvalue weighted by molar-refractivity contribution is 6.36. The summed E-state index contributed by atoms with van der Waals surface area (Å²) in [6, 6.07) is 10.4. The molecule has 0 spiro atoms. The molecule has 2 N–H and O–H groups in total. The lowest BCUT2D eigenvalue weighted by atomic mass is 9.92. The second kappa shape index (κ2) is 9.63. The van der Waals surface area contributed by atoms with Gasteiger partial charge in [0.05, 0.1) is 35.6 Å². The molecule has 0 aromatic heterocycles. The van der Waals surface area contributed by atoms with Gasteiger partial charge >= 0.3 is 0 Å². The lowest BCUT2D eigenvalue weighted by molar-refractivity contribution is 0.0681. The maximum absolute atomic E-state index is 13.7. The molecule has 3 amide bonds. The minimum atomic E-state index is -0.531. The first-order valence-corrected chi connectivity index (χ1v) is 10.9. The van der Waals surface area contributed by atoms with E-state index in [4.69, 9.17) is 0 Å². The Morgan fingerprint density at radius 3 is 1.91 bits per heavy atom. The molecule has 0 radical (unpaired) electrons. The van der Waals surface area contributed by atoms with Crippen molar-refractivity contribution in [3.8, 4) is 0 Å². The Hall–Kier alpha value is -3.03. The average Bonchev–Trinajstić information content (AvgIpc) is 3.02. The van der Waals surface area contributed by atoms with E-state index < -0.39 is 17.7 Å². The summed E-state index contributed by atoms with van der Waals surface area (Å²) in [5.41, 5.74) is 2.71. The lowest BCUT2D eigenvalue weighted by Crippen LogP contribution is -2.37. The molecule has 0 aliphatic carbocycles. The number of rotatable bonds is 8. The number of anilines is 1. The fourth-order valence-electron chi connectivity index (χ4n) is 4.16. The molecule has 0 bridgehead atoms. The molecule has 32 heavy (non-hydrogen) atoms. The number of benzene rings is 2. The largest absolute Gasteiger partial charge is 0.395 e. The fraction of sp³-hybridized carbons (Fsp3) is 0.400. The number of hydrogen-bond acceptors (Lipinski definition) is 5. The van der Waals surface area contributed by atoms with Crippen LogP contribution in [0.3, 0.4) is 0 Å². The number of para-hydroxylation sites is 1. The number of carbonyl (C=O) groups excluding carboxylic acids is 3. The van der Waals surface area contributed by atoms with Crippen LogP contribution < -0.4 is 4.90 Å². The van der Waals surface area contributed by atoms with Crippen molar-refractivity contribution in [3.05, 3.63) is 64.2 Å². The first-order chi connectivity index (χ1) is 15.2. The summed E-state index contributed by atoms with van der Waals surface area (Å²) in [5, 5.41) is 18.6. The minimum Gasteiger partial charge on any atom is -0.395 e. The number of fused-ring (bicyclic) bond motifs is 1. The van der Waals surface area contributed by atoms with Crippen LogP contribution >= 0.6 is 0 Å². The normalized spacial score (nSPS) is 13.3. The van der Waals surface area contributed by atoms with E-state index in [-0.39, 0.29) is 54.8 Å². The summed E-state index contributed by atoms with van der Waals surface area (Å²) in [6.07, 6.45) is 0. The Kier molecular flexibility index (Phi) is 7.11. The summed E-state index contributed by atoms with van der Waals surface area (Å²) in [5.74, 6) is -1.32. The van der Waals surface area contributed by atoms with Crippen LogP contribution in [-0.4, -0.2) is 59.1 Å². The van der Waals surface area contributed by atoms with E-state index in [1.54, 1.807) is 12.1 Å². The first-order valence-electron chi connectivity index (χ1n) is 10.9. The fourth-order valence-corrected chi connectivity index (χ4v) is 4.16. The molecule has 170 valence electrons. The highest BCUT2D eigenvalue weighted by Crippen LogP contribution is 2.40. The van der Waals surface area contributed by atoms with Crippen LogP contribution in [0.1, 0.15) is 81.7 Å². The van der Waals surface area contributed by atoms with Crippen molar-refractivity contribution in [1.82, 2.24) is 4.90 Å². The number of nitrogens with zero attached hydrogens (tertiary/aromatic N) is 2. The number of hydrogen-bond donors (Lipinski definition) is 2. The molecule has 1 aliphatic heterocycles. The maximum atomic E-state index is 13.7. The van der Waals surface area contributed by atoms with Crippen molar-refractivity contribution in [3.63, 3.8) is 0 Å². The molecule has 7 heteroatoms. The van der Waals surface area contributed by atoms with E-state index in [1.807, 2.05) is 45.9 Å². The van der Waals surface area contributed by atoms with Gasteiger partial charge in [-0.2, -0.15) is 0 Å². The second-order valence-electron chi connectivity index (χ2n) is 8.51. The highest BCUT2D eigenvalue weighted by atomic mass is 16.3. The monoisotopic (exact) mass is 438 g/mol. The molecule has 2 aromatic carbocycles. The van der Waals surface area contributed by atoms with Crippen LogP contribution in [0.4, 0.5) is 5.69 Å². The van der Waals surface area contributed by atoms with E-state index in [0.29, 0.717) is 5.69 Å². The van der Waals surface area contributed by atoms with Crippen molar-refractivity contribution < 1.29 is 24.6 Å². The molecular formula is C25H30N2O5. The molecule has 7 nitrogen and oxygen atoms in total. The summed E-state index contributed by atoms with van der Waals surface area (Å²) < 4.78 is 0. The van der Waals surface area contributed by atoms with Gasteiger partial charge in [-0.3, -0.25) is 14.4 Å². The molecule has 0 unspecified atom stereocenters. The zero-order valence-corrected chi connectivity index (χ0v) is 19.0. The van der Waals surface area contributed by atoms with Crippen LogP contribution in [0.2, 0.25) is 0 Å². The second-order valence-corrected chi connectivity index (χ2v) is 8.51. The van der Waals surface area contributed by atoms with Gasteiger partial charge in [0, 0.05) is 13.1 Å². The summed E-state index contributed by atoms with van der Waals surface area (Å²) in [7, 11) is 0. The van der Waals surface area contributed by atoms with Crippen molar-refractivity contribution in [2.75, 3.05) is 31.2 Å². The van der Waals surface area contributed by atoms with E-state index in [2.05, 4.69) is 0 Å². The maximum Gasteiger partial charge on any atom is 0.266 e. The average molecular weight is 439 g/mol. The van der Waals surface area contributed by atoms with Gasteiger partial charge < -0.3 is 15.1 Å². The predicted octanol–water partition coefficient (Wildman–Crippen LogP) is 3.16. The third kappa shape index (κ3) is 4.06. The van der Waals surface area contributed by atoms with Gasteiger partial charge in [-0.25, -0.2) is 4.90 Å². The number of amides is 3. The highest BCUT2D eigenvalue weighted by Gasteiger charge is 2.42. The van der Waals surface area contributed by atoms with Crippen LogP contribution in [0.5, 0.6) is 0 Å². The number of aliphatic hydroxyl groups is 2. The van der Waals surface area contributed by atoms with E-state index in [9.17, 15) is 24.6 Å². The Morgan fingerprint density at radius 1 is 0.875 bits per heavy atom. The zero-order chi connectivity index (χ0) is 23.6. The molecule has 2 aromatic rings. The van der Waals surface area contributed by atoms with Crippen molar-refractivity contribution in [2.24, 2.45) is 0 Å². The Bertz CT molecular complexity index is 1010. The first kappa shape index (κ1) is 23.6. The molecule has 1 aliphatic rings. The molecule has 0 saturated carbocycles. The van der Waals surface area contributed by atoms with Crippen molar-refractivity contribution in [1.29, 1.82) is 0 Å². The Labute approximate surface area is 188 Å². The molecular weight excluding hydrogens is 408 g/mol. The minimum absolute atomic E-state index is 0.0165. The smallest absolute Gasteiger partial charge is 0.266 e. The van der Waals surface area contributed by atoms with Crippen LogP contribution in [0, 0.1) is 0 Å². The van der Waals surface area contributed by atoms with Crippen LogP contribution in [-0.2, 0) is 0 Å². The van der Waals surface area contributed by atoms with Crippen molar-refractivity contribution >= 4 is 23.4 Å². The summed E-state index contributed by atoms with van der Waals surface area (Å²) in [6.45, 7) is 7.52. The summed E-state index contributed by atoms with van der Waals surface area (Å²) in [4.78, 5) is 42.7. The van der Waals surface area contributed by atoms with Gasteiger partial charge in [0.1, 0.15) is 0 Å². The van der Waals surface area contributed by atoms with Gasteiger partial charge in [0.15, 0.2) is 0 Å². The Balaban J connectivity index is 2.16. The van der Waals surface area contributed by atoms with Gasteiger partial charge in [0.25, 0.3) is 17.7 Å². The molecule has 1 heterocycles. The van der Waals surface area contributed by atoms with Crippen molar-refractivity contribution in [2.45, 2.75) is 39.5 Å². The van der Waals surface area contributed by atoms with E-state index in [0.717, 1.165) is 11.1 Å². The van der Waals surface area contributed by atoms with Crippen LogP contribution in [0.25, 0.3) is 0 Å². The van der Waals surface area contributed by atoms with E-state index in [1.165, 1.54) is 15.9 Å². The lowest BCUT2D eigenvalue weighted by Gasteiger charge is -2.25. The topological polar surface area (TPSA) is 98.2 Å². The van der Waals surface area contributed by atoms with Crippen LogP contribution in [0.15, 0.2) is 36.4 Å². The molecule has 0 fully saturated rings. The zero-order valence-electron chi connectivity index (χ0n) is 19.0. The third-order valence-corrected chi connectivity index (χ3v) is 5.74. The quantitative estimate of drug-likeness (QED) is 0.617. The number of imide groups is 1.